The fourth-order valence-corrected chi connectivity index (χ4v) is 3.63. The Balaban J connectivity index is 1.51. The Kier molecular flexibility index (Phi) is 6.17. The molecule has 0 aliphatic heterocycles. The summed E-state index contributed by atoms with van der Waals surface area (Å²) in [6.07, 6.45) is 2.93. The molecule has 3 rings (SSSR count). The Labute approximate surface area is 162 Å². The van der Waals surface area contributed by atoms with Gasteiger partial charge in [-0.05, 0) is 48.1 Å². The molecule has 2 aromatic rings. The molecule has 0 radical (unpaired) electrons. The van der Waals surface area contributed by atoms with Gasteiger partial charge in [0.25, 0.3) is 5.91 Å². The first-order valence-electron chi connectivity index (χ1n) is 8.49. The van der Waals surface area contributed by atoms with Gasteiger partial charge in [0, 0.05) is 10.0 Å². The molecule has 0 saturated carbocycles. The number of esters is 1. The van der Waals surface area contributed by atoms with E-state index in [-0.39, 0.29) is 25.0 Å². The highest BCUT2D eigenvalue weighted by Crippen LogP contribution is 2.29. The van der Waals surface area contributed by atoms with Crippen LogP contribution in [-0.2, 0) is 27.2 Å². The van der Waals surface area contributed by atoms with Gasteiger partial charge in [0.05, 0.1) is 12.5 Å². The van der Waals surface area contributed by atoms with Gasteiger partial charge in [-0.3, -0.25) is 9.59 Å². The van der Waals surface area contributed by atoms with Crippen molar-refractivity contribution in [1.82, 2.24) is 5.32 Å². The lowest BCUT2D eigenvalue weighted by Crippen LogP contribution is -2.34. The van der Waals surface area contributed by atoms with Crippen LogP contribution in [0.5, 0.6) is 0 Å². The molecule has 0 unspecified atom stereocenters. The Morgan fingerprint density at radius 3 is 2.77 bits per heavy atom. The van der Waals surface area contributed by atoms with Crippen LogP contribution in [0.2, 0.25) is 10.0 Å². The van der Waals surface area contributed by atoms with Crippen LogP contribution in [0.4, 0.5) is 0 Å². The van der Waals surface area contributed by atoms with Crippen molar-refractivity contribution in [3.8, 4) is 0 Å². The lowest BCUT2D eigenvalue weighted by atomic mass is 9.88. The third-order valence-electron chi connectivity index (χ3n) is 4.42. The topological polar surface area (TPSA) is 55.4 Å². The second-order valence-electron chi connectivity index (χ2n) is 6.28. The van der Waals surface area contributed by atoms with E-state index in [1.54, 1.807) is 18.2 Å². The maximum Gasteiger partial charge on any atom is 0.310 e. The molecule has 0 saturated heterocycles. The monoisotopic (exact) mass is 391 g/mol. The van der Waals surface area contributed by atoms with Gasteiger partial charge in [0.15, 0.2) is 6.61 Å². The van der Waals surface area contributed by atoms with Crippen molar-refractivity contribution in [2.24, 2.45) is 0 Å². The van der Waals surface area contributed by atoms with E-state index in [9.17, 15) is 9.59 Å². The van der Waals surface area contributed by atoms with Gasteiger partial charge < -0.3 is 10.1 Å². The molecule has 26 heavy (non-hydrogen) atoms. The van der Waals surface area contributed by atoms with Crippen LogP contribution >= 0.6 is 23.2 Å². The zero-order valence-electron chi connectivity index (χ0n) is 14.1. The van der Waals surface area contributed by atoms with Crippen molar-refractivity contribution in [2.75, 3.05) is 6.61 Å². The summed E-state index contributed by atoms with van der Waals surface area (Å²) in [4.78, 5) is 24.1. The van der Waals surface area contributed by atoms with Crippen LogP contribution < -0.4 is 5.32 Å². The number of hydrogen-bond donors (Lipinski definition) is 1. The number of benzene rings is 2. The molecule has 2 aromatic carbocycles. The van der Waals surface area contributed by atoms with Crippen molar-refractivity contribution in [1.29, 1.82) is 0 Å². The second-order valence-corrected chi connectivity index (χ2v) is 7.13. The summed E-state index contributed by atoms with van der Waals surface area (Å²) in [5.41, 5.74) is 3.02. The van der Waals surface area contributed by atoms with E-state index < -0.39 is 5.97 Å². The average Bonchev–Trinajstić information content (AvgIpc) is 2.63. The number of aryl methyl sites for hydroxylation is 1. The zero-order valence-corrected chi connectivity index (χ0v) is 15.6. The summed E-state index contributed by atoms with van der Waals surface area (Å²) in [6, 6.07) is 13.0. The highest BCUT2D eigenvalue weighted by molar-refractivity contribution is 6.35. The number of ether oxygens (including phenoxy) is 1. The van der Waals surface area contributed by atoms with Crippen LogP contribution in [0, 0.1) is 0 Å². The average molecular weight is 392 g/mol. The third-order valence-corrected chi connectivity index (χ3v) is 5.01. The number of halogens is 2. The van der Waals surface area contributed by atoms with Crippen molar-refractivity contribution < 1.29 is 14.3 Å². The largest absolute Gasteiger partial charge is 0.455 e. The van der Waals surface area contributed by atoms with Gasteiger partial charge in [-0.15, -0.1) is 0 Å². The molecule has 1 amide bonds. The first-order valence-corrected chi connectivity index (χ1v) is 9.25. The van der Waals surface area contributed by atoms with E-state index in [1.165, 1.54) is 5.56 Å². The first-order chi connectivity index (χ1) is 12.5. The van der Waals surface area contributed by atoms with E-state index in [0.29, 0.717) is 15.6 Å². The van der Waals surface area contributed by atoms with E-state index in [4.69, 9.17) is 27.9 Å². The Hall–Kier alpha value is -2.04. The molecule has 0 aromatic heterocycles. The predicted molar refractivity (Wildman–Crippen MR) is 101 cm³/mol. The summed E-state index contributed by atoms with van der Waals surface area (Å²) in [5, 5.41) is 3.85. The highest BCUT2D eigenvalue weighted by Gasteiger charge is 2.21. The maximum absolute atomic E-state index is 12.2. The fraction of sp³-hybridized carbons (Fsp3) is 0.300. The Morgan fingerprint density at radius 1 is 1.15 bits per heavy atom. The number of fused-ring (bicyclic) bond motifs is 1. The van der Waals surface area contributed by atoms with Gasteiger partial charge in [-0.2, -0.15) is 0 Å². The Morgan fingerprint density at radius 2 is 1.96 bits per heavy atom. The molecule has 6 heteroatoms. The highest BCUT2D eigenvalue weighted by atomic mass is 35.5. The minimum atomic E-state index is -0.506. The second kappa shape index (κ2) is 8.56. The zero-order chi connectivity index (χ0) is 18.5. The number of carbonyl (C=O) groups is 2. The number of nitrogens with one attached hydrogen (secondary N) is 1. The van der Waals surface area contributed by atoms with Crippen molar-refractivity contribution in [2.45, 2.75) is 31.7 Å². The number of amides is 1. The van der Waals surface area contributed by atoms with Crippen molar-refractivity contribution in [3.05, 3.63) is 69.2 Å². The van der Waals surface area contributed by atoms with Gasteiger partial charge in [-0.1, -0.05) is 53.5 Å². The normalized spacial score (nSPS) is 15.8. The van der Waals surface area contributed by atoms with Crippen molar-refractivity contribution >= 4 is 35.1 Å². The minimum Gasteiger partial charge on any atom is -0.455 e. The molecule has 1 aliphatic carbocycles. The quantitative estimate of drug-likeness (QED) is 0.774. The lowest BCUT2D eigenvalue weighted by molar-refractivity contribution is -0.148. The van der Waals surface area contributed by atoms with Gasteiger partial charge >= 0.3 is 5.97 Å². The molecular formula is C20H19Cl2NO3. The van der Waals surface area contributed by atoms with E-state index in [0.717, 1.165) is 24.8 Å². The van der Waals surface area contributed by atoms with Gasteiger partial charge in [-0.25, -0.2) is 0 Å². The summed E-state index contributed by atoms with van der Waals surface area (Å²) in [5.74, 6) is -0.810. The van der Waals surface area contributed by atoms with Crippen molar-refractivity contribution in [3.63, 3.8) is 0 Å². The van der Waals surface area contributed by atoms with E-state index in [1.807, 2.05) is 18.2 Å². The van der Waals surface area contributed by atoms with Crippen LogP contribution in [0.1, 0.15) is 35.6 Å². The molecule has 4 nitrogen and oxygen atoms in total. The SMILES string of the molecule is O=C(COC(=O)Cc1ccc(Cl)cc1Cl)N[C@H]1CCCc2ccccc21. The molecule has 0 heterocycles. The van der Waals surface area contributed by atoms with Crippen LogP contribution in [-0.4, -0.2) is 18.5 Å². The summed E-state index contributed by atoms with van der Waals surface area (Å²) < 4.78 is 5.08. The molecule has 136 valence electrons. The molecule has 0 bridgehead atoms. The van der Waals surface area contributed by atoms with Crippen LogP contribution in [0.15, 0.2) is 42.5 Å². The molecule has 1 aliphatic rings. The molecular weight excluding hydrogens is 373 g/mol. The lowest BCUT2D eigenvalue weighted by Gasteiger charge is -2.26. The van der Waals surface area contributed by atoms with E-state index in [2.05, 4.69) is 11.4 Å². The third kappa shape index (κ3) is 4.77. The predicted octanol–water partition coefficient (Wildman–Crippen LogP) is 4.27. The number of hydrogen-bond acceptors (Lipinski definition) is 3. The summed E-state index contributed by atoms with van der Waals surface area (Å²) in [7, 11) is 0. The number of rotatable bonds is 5. The van der Waals surface area contributed by atoms with Crippen LogP contribution in [0.25, 0.3) is 0 Å². The maximum atomic E-state index is 12.2. The number of carbonyl (C=O) groups excluding carboxylic acids is 2. The molecule has 0 spiro atoms. The van der Waals surface area contributed by atoms with Crippen LogP contribution in [0.3, 0.4) is 0 Å². The molecule has 1 atom stereocenters. The smallest absolute Gasteiger partial charge is 0.310 e. The van der Waals surface area contributed by atoms with Gasteiger partial charge in [0.2, 0.25) is 0 Å². The minimum absolute atomic E-state index is 0.00442. The first kappa shape index (κ1) is 18.7. The fourth-order valence-electron chi connectivity index (χ4n) is 3.16. The molecule has 1 N–H and O–H groups in total. The van der Waals surface area contributed by atoms with E-state index >= 15 is 0 Å². The summed E-state index contributed by atoms with van der Waals surface area (Å²) in [6.45, 7) is -0.303. The Bertz CT molecular complexity index is 822. The van der Waals surface area contributed by atoms with Gasteiger partial charge in [0.1, 0.15) is 0 Å². The molecule has 0 fully saturated rings. The standard InChI is InChI=1S/C20H19Cl2NO3/c21-15-9-8-14(17(22)11-15)10-20(25)26-12-19(24)23-18-7-3-5-13-4-1-2-6-16(13)18/h1-2,4,6,8-9,11,18H,3,5,7,10,12H2,(H,23,24)/t18-/m0/s1. The summed E-state index contributed by atoms with van der Waals surface area (Å²) >= 11 is 11.9.